The number of nitrogens with zero attached hydrogens (tertiary/aromatic N) is 1. The number of fused-ring (bicyclic) bond motifs is 8. The first-order valence-corrected chi connectivity index (χ1v) is 9.39. The molecule has 1 unspecified atom stereocenters. The number of ether oxygens (including phenoxy) is 4. The van der Waals surface area contributed by atoms with Gasteiger partial charge in [0.05, 0.1) is 11.7 Å². The SMILES string of the molecule is CN1c2c(ccc3cc4c(cc23)OCO4)-c2ccc3c(c2C1CCO)OCO3. The van der Waals surface area contributed by atoms with E-state index in [-0.39, 0.29) is 26.2 Å². The average Bonchev–Trinajstić information content (AvgIpc) is 3.36. The highest BCUT2D eigenvalue weighted by molar-refractivity contribution is 6.05. The summed E-state index contributed by atoms with van der Waals surface area (Å²) in [5.74, 6) is 3.10. The van der Waals surface area contributed by atoms with Gasteiger partial charge in [0.2, 0.25) is 13.6 Å². The van der Waals surface area contributed by atoms with Gasteiger partial charge in [-0.15, -0.1) is 0 Å². The molecular weight excluding hydrogens is 358 g/mol. The van der Waals surface area contributed by atoms with E-state index >= 15 is 0 Å². The third-order valence-corrected chi connectivity index (χ3v) is 5.91. The van der Waals surface area contributed by atoms with E-state index in [1.54, 1.807) is 0 Å². The highest BCUT2D eigenvalue weighted by Crippen LogP contribution is 2.54. The third kappa shape index (κ3) is 2.01. The van der Waals surface area contributed by atoms with E-state index in [2.05, 4.69) is 36.2 Å². The summed E-state index contributed by atoms with van der Waals surface area (Å²) in [6.07, 6.45) is 0.601. The highest BCUT2D eigenvalue weighted by Gasteiger charge is 2.35. The third-order valence-electron chi connectivity index (χ3n) is 5.91. The molecule has 3 aliphatic heterocycles. The van der Waals surface area contributed by atoms with Crippen LogP contribution in [0.15, 0.2) is 36.4 Å². The van der Waals surface area contributed by atoms with Crippen LogP contribution in [0, 0.1) is 0 Å². The van der Waals surface area contributed by atoms with Crippen LogP contribution < -0.4 is 23.8 Å². The van der Waals surface area contributed by atoms with Crippen LogP contribution in [0.3, 0.4) is 0 Å². The summed E-state index contributed by atoms with van der Waals surface area (Å²) in [6, 6.07) is 12.4. The number of rotatable bonds is 2. The molecule has 6 heteroatoms. The summed E-state index contributed by atoms with van der Waals surface area (Å²) in [6.45, 7) is 0.573. The van der Waals surface area contributed by atoms with Crippen molar-refractivity contribution in [2.45, 2.75) is 12.5 Å². The lowest BCUT2D eigenvalue weighted by Crippen LogP contribution is -2.29. The van der Waals surface area contributed by atoms with Crippen molar-refractivity contribution >= 4 is 16.5 Å². The lowest BCUT2D eigenvalue weighted by molar-refractivity contribution is 0.172. The Hall–Kier alpha value is -3.12. The molecule has 0 fully saturated rings. The Balaban J connectivity index is 1.66. The van der Waals surface area contributed by atoms with Crippen LogP contribution in [-0.2, 0) is 0 Å². The molecule has 6 nitrogen and oxygen atoms in total. The van der Waals surface area contributed by atoms with E-state index < -0.39 is 0 Å². The molecule has 28 heavy (non-hydrogen) atoms. The second-order valence-corrected chi connectivity index (χ2v) is 7.29. The molecule has 6 rings (SSSR count). The fourth-order valence-electron chi connectivity index (χ4n) is 4.66. The van der Waals surface area contributed by atoms with Crippen LogP contribution in [0.2, 0.25) is 0 Å². The van der Waals surface area contributed by atoms with Crippen LogP contribution in [0.5, 0.6) is 23.0 Å². The molecule has 0 bridgehead atoms. The molecule has 1 N–H and O–H groups in total. The van der Waals surface area contributed by atoms with Gasteiger partial charge in [-0.05, 0) is 41.6 Å². The molecule has 1 atom stereocenters. The van der Waals surface area contributed by atoms with Crippen molar-refractivity contribution in [1.82, 2.24) is 0 Å². The van der Waals surface area contributed by atoms with E-state index in [1.165, 1.54) is 0 Å². The van der Waals surface area contributed by atoms with E-state index in [9.17, 15) is 5.11 Å². The lowest BCUT2D eigenvalue weighted by Gasteiger charge is -2.38. The summed E-state index contributed by atoms with van der Waals surface area (Å²) < 4.78 is 22.6. The minimum absolute atomic E-state index is 0.0137. The first-order chi connectivity index (χ1) is 13.8. The van der Waals surface area contributed by atoms with Crippen LogP contribution in [-0.4, -0.2) is 32.3 Å². The number of hydrogen-bond acceptors (Lipinski definition) is 6. The summed E-state index contributed by atoms with van der Waals surface area (Å²) in [5, 5.41) is 12.0. The topological polar surface area (TPSA) is 60.4 Å². The maximum absolute atomic E-state index is 9.76. The number of aliphatic hydroxyl groups excluding tert-OH is 1. The van der Waals surface area contributed by atoms with Crippen molar-refractivity contribution in [1.29, 1.82) is 0 Å². The molecule has 0 amide bonds. The molecule has 3 aromatic rings. The average molecular weight is 377 g/mol. The first-order valence-electron chi connectivity index (χ1n) is 9.39. The van der Waals surface area contributed by atoms with Gasteiger partial charge >= 0.3 is 0 Å². The Morgan fingerprint density at radius 2 is 1.68 bits per heavy atom. The Bertz CT molecular complexity index is 1130. The fraction of sp³-hybridized carbons (Fsp3) is 0.273. The monoisotopic (exact) mass is 377 g/mol. The van der Waals surface area contributed by atoms with Gasteiger partial charge < -0.3 is 29.0 Å². The molecule has 3 heterocycles. The maximum atomic E-state index is 9.76. The molecule has 0 aliphatic carbocycles. The Kier molecular flexibility index (Phi) is 3.23. The predicted molar refractivity (Wildman–Crippen MR) is 104 cm³/mol. The van der Waals surface area contributed by atoms with Crippen molar-refractivity contribution in [3.8, 4) is 34.1 Å². The lowest BCUT2D eigenvalue weighted by atomic mass is 9.84. The Morgan fingerprint density at radius 1 is 0.929 bits per heavy atom. The Morgan fingerprint density at radius 3 is 2.54 bits per heavy atom. The molecule has 3 aromatic carbocycles. The molecular formula is C22H19NO5. The molecule has 0 radical (unpaired) electrons. The molecule has 0 aromatic heterocycles. The smallest absolute Gasteiger partial charge is 0.231 e. The first kappa shape index (κ1) is 15.9. The molecule has 0 saturated carbocycles. The van der Waals surface area contributed by atoms with Crippen molar-refractivity contribution in [3.05, 3.63) is 42.0 Å². The Labute approximate surface area is 161 Å². The standard InChI is InChI=1S/C22H19NO5/c1-23-16(6-7-24)20-13(4-5-17-22(20)28-11-25-17)14-3-2-12-8-18-19(27-10-26-18)9-15(12)21(14)23/h2-5,8-9,16,24H,6-7,10-11H2,1H3. The number of aliphatic hydroxyl groups is 1. The van der Waals surface area contributed by atoms with Crippen LogP contribution in [0.4, 0.5) is 5.69 Å². The van der Waals surface area contributed by atoms with E-state index in [1.807, 2.05) is 12.1 Å². The predicted octanol–water partition coefficient (Wildman–Crippen LogP) is 3.84. The zero-order chi connectivity index (χ0) is 18.8. The van der Waals surface area contributed by atoms with E-state index in [4.69, 9.17) is 18.9 Å². The molecule has 142 valence electrons. The molecule has 0 saturated heterocycles. The van der Waals surface area contributed by atoms with Gasteiger partial charge in [-0.2, -0.15) is 0 Å². The van der Waals surface area contributed by atoms with Crippen molar-refractivity contribution in [2.24, 2.45) is 0 Å². The van der Waals surface area contributed by atoms with Crippen molar-refractivity contribution < 1.29 is 24.1 Å². The van der Waals surface area contributed by atoms with Gasteiger partial charge in [-0.1, -0.05) is 12.1 Å². The van der Waals surface area contributed by atoms with E-state index in [0.29, 0.717) is 6.42 Å². The van der Waals surface area contributed by atoms with Gasteiger partial charge in [0, 0.05) is 30.2 Å². The second kappa shape index (κ2) is 5.69. The van der Waals surface area contributed by atoms with Crippen LogP contribution in [0.25, 0.3) is 21.9 Å². The number of benzene rings is 3. The van der Waals surface area contributed by atoms with Gasteiger partial charge in [-0.3, -0.25) is 0 Å². The zero-order valence-electron chi connectivity index (χ0n) is 15.4. The summed E-state index contributed by atoms with van der Waals surface area (Å²) >= 11 is 0. The van der Waals surface area contributed by atoms with Crippen molar-refractivity contribution in [2.75, 3.05) is 32.1 Å². The molecule has 0 spiro atoms. The van der Waals surface area contributed by atoms with Crippen LogP contribution in [0.1, 0.15) is 18.0 Å². The maximum Gasteiger partial charge on any atom is 0.231 e. The second-order valence-electron chi connectivity index (χ2n) is 7.29. The summed E-state index contributed by atoms with van der Waals surface area (Å²) in [7, 11) is 2.07. The minimum atomic E-state index is -0.0137. The molecule has 3 aliphatic rings. The highest BCUT2D eigenvalue weighted by atomic mass is 16.7. The van der Waals surface area contributed by atoms with Crippen molar-refractivity contribution in [3.63, 3.8) is 0 Å². The zero-order valence-corrected chi connectivity index (χ0v) is 15.4. The number of hydrogen-bond donors (Lipinski definition) is 1. The van der Waals surface area contributed by atoms with Gasteiger partial charge in [0.1, 0.15) is 0 Å². The van der Waals surface area contributed by atoms with Gasteiger partial charge in [0.15, 0.2) is 23.0 Å². The number of anilines is 1. The van der Waals surface area contributed by atoms with Crippen LogP contribution >= 0.6 is 0 Å². The minimum Gasteiger partial charge on any atom is -0.454 e. The normalized spacial score (nSPS) is 18.4. The summed E-state index contributed by atoms with van der Waals surface area (Å²) in [4.78, 5) is 2.24. The quantitative estimate of drug-likeness (QED) is 0.732. The van der Waals surface area contributed by atoms with Gasteiger partial charge in [0.25, 0.3) is 0 Å². The van der Waals surface area contributed by atoms with E-state index in [0.717, 1.165) is 56.1 Å². The summed E-state index contributed by atoms with van der Waals surface area (Å²) in [5.41, 5.74) is 4.46. The fourth-order valence-corrected chi connectivity index (χ4v) is 4.66. The van der Waals surface area contributed by atoms with Gasteiger partial charge in [-0.25, -0.2) is 0 Å². The largest absolute Gasteiger partial charge is 0.454 e.